The molecule has 0 bridgehead atoms. The van der Waals surface area contributed by atoms with Crippen molar-refractivity contribution in [3.8, 4) is 11.5 Å². The lowest BCUT2D eigenvalue weighted by Crippen LogP contribution is -1.98. The van der Waals surface area contributed by atoms with Crippen LogP contribution < -0.4 is 0 Å². The van der Waals surface area contributed by atoms with Gasteiger partial charge in [0.15, 0.2) is 17.3 Å². The van der Waals surface area contributed by atoms with E-state index in [1.54, 1.807) is 0 Å². The van der Waals surface area contributed by atoms with E-state index >= 15 is 0 Å². The van der Waals surface area contributed by atoms with Gasteiger partial charge < -0.3 is 15.3 Å². The van der Waals surface area contributed by atoms with Crippen molar-refractivity contribution >= 4 is 21.9 Å². The van der Waals surface area contributed by atoms with Gasteiger partial charge in [0, 0.05) is 16.5 Å². The van der Waals surface area contributed by atoms with Crippen molar-refractivity contribution in [2.75, 3.05) is 0 Å². The molecule has 0 saturated carbocycles. The topological polar surface area (TPSA) is 77.8 Å². The number of hydrogen-bond acceptors (Lipinski definition) is 3. The average Bonchev–Trinajstić information content (AvgIpc) is 2.19. The predicted octanol–water partition coefficient (Wildman–Crippen LogP) is 2.41. The van der Waals surface area contributed by atoms with Crippen LogP contribution in [-0.2, 0) is 11.2 Å². The highest BCUT2D eigenvalue weighted by atomic mass is 79.9. The predicted molar refractivity (Wildman–Crippen MR) is 58.0 cm³/mol. The fourth-order valence-corrected chi connectivity index (χ4v) is 1.87. The molecule has 88 valence electrons. The monoisotopic (exact) mass is 292 g/mol. The quantitative estimate of drug-likeness (QED) is 0.745. The summed E-state index contributed by atoms with van der Waals surface area (Å²) < 4.78 is 13.8. The molecule has 6 heteroatoms. The molecule has 0 saturated heterocycles. The number of hydrogen-bond donors (Lipinski definition) is 3. The molecular weight excluding hydrogens is 283 g/mol. The maximum absolute atomic E-state index is 13.5. The van der Waals surface area contributed by atoms with Crippen LogP contribution >= 0.6 is 15.9 Å². The summed E-state index contributed by atoms with van der Waals surface area (Å²) in [6.07, 6.45) is 0.356. The number of halogens is 2. The minimum atomic E-state index is -0.959. The Bertz CT molecular complexity index is 420. The summed E-state index contributed by atoms with van der Waals surface area (Å²) >= 11 is 3.04. The first-order valence-corrected chi connectivity index (χ1v) is 5.33. The van der Waals surface area contributed by atoms with Gasteiger partial charge in [0.25, 0.3) is 0 Å². The van der Waals surface area contributed by atoms with Crippen molar-refractivity contribution in [1.82, 2.24) is 0 Å². The van der Waals surface area contributed by atoms with Gasteiger partial charge in [0.05, 0.1) is 0 Å². The number of carbonyl (C=O) groups is 1. The number of rotatable bonds is 4. The van der Waals surface area contributed by atoms with E-state index in [4.69, 9.17) is 15.3 Å². The zero-order valence-corrected chi connectivity index (χ0v) is 9.79. The molecular formula is C10H10BrFO4. The Balaban J connectivity index is 2.87. The van der Waals surface area contributed by atoms with Crippen LogP contribution in [0.3, 0.4) is 0 Å². The van der Waals surface area contributed by atoms with Gasteiger partial charge in [-0.1, -0.05) is 15.9 Å². The van der Waals surface area contributed by atoms with Crippen molar-refractivity contribution in [2.45, 2.75) is 19.3 Å². The highest BCUT2D eigenvalue weighted by Crippen LogP contribution is 2.35. The number of carboxylic acid groups (broad SMARTS) is 1. The van der Waals surface area contributed by atoms with Crippen LogP contribution in [0.1, 0.15) is 18.4 Å². The number of aromatic hydroxyl groups is 2. The third kappa shape index (κ3) is 2.85. The highest BCUT2D eigenvalue weighted by molar-refractivity contribution is 9.10. The standard InChI is InChI=1S/C10H10BrFO4/c11-6-4-7(13)10(16)9(12)5(6)2-1-3-8(14)15/h4,13,16H,1-3H2,(H,14,15). The van der Waals surface area contributed by atoms with E-state index in [0.717, 1.165) is 0 Å². The normalized spacial score (nSPS) is 10.4. The van der Waals surface area contributed by atoms with Crippen LogP contribution in [0, 0.1) is 5.82 Å². The van der Waals surface area contributed by atoms with Crippen molar-refractivity contribution in [3.63, 3.8) is 0 Å². The molecule has 1 rings (SSSR count). The summed E-state index contributed by atoms with van der Waals surface area (Å²) in [5.74, 6) is -3.24. The first kappa shape index (κ1) is 12.8. The number of aliphatic carboxylic acids is 1. The first-order valence-electron chi connectivity index (χ1n) is 4.54. The number of benzene rings is 1. The maximum Gasteiger partial charge on any atom is 0.303 e. The highest BCUT2D eigenvalue weighted by Gasteiger charge is 2.16. The lowest BCUT2D eigenvalue weighted by molar-refractivity contribution is -0.137. The van der Waals surface area contributed by atoms with Crippen LogP contribution in [0.25, 0.3) is 0 Å². The number of carboxylic acids is 1. The Labute approximate surface area is 99.5 Å². The minimum absolute atomic E-state index is 0.0759. The third-order valence-corrected chi connectivity index (χ3v) is 2.79. The SMILES string of the molecule is O=C(O)CCCc1c(Br)cc(O)c(O)c1F. The summed E-state index contributed by atoms with van der Waals surface area (Å²) in [6.45, 7) is 0. The van der Waals surface area contributed by atoms with Crippen LogP contribution in [0.4, 0.5) is 4.39 Å². The molecule has 0 aromatic heterocycles. The van der Waals surface area contributed by atoms with Gasteiger partial charge in [-0.05, 0) is 18.9 Å². The van der Waals surface area contributed by atoms with Crippen LogP contribution in [-0.4, -0.2) is 21.3 Å². The lowest BCUT2D eigenvalue weighted by Gasteiger charge is -2.08. The second-order valence-electron chi connectivity index (χ2n) is 3.27. The van der Waals surface area contributed by atoms with Gasteiger partial charge in [-0.25, -0.2) is 4.39 Å². The molecule has 0 aliphatic heterocycles. The molecule has 0 fully saturated rings. The van der Waals surface area contributed by atoms with E-state index in [1.165, 1.54) is 6.07 Å². The number of phenols is 2. The Kier molecular flexibility index (Phi) is 4.12. The second-order valence-corrected chi connectivity index (χ2v) is 4.12. The summed E-state index contributed by atoms with van der Waals surface area (Å²) in [7, 11) is 0. The van der Waals surface area contributed by atoms with E-state index < -0.39 is 23.3 Å². The van der Waals surface area contributed by atoms with Crippen LogP contribution in [0.5, 0.6) is 11.5 Å². The van der Waals surface area contributed by atoms with E-state index in [2.05, 4.69) is 15.9 Å². The fourth-order valence-electron chi connectivity index (χ4n) is 1.28. The fraction of sp³-hybridized carbons (Fsp3) is 0.300. The van der Waals surface area contributed by atoms with Crippen molar-refractivity contribution < 1.29 is 24.5 Å². The zero-order chi connectivity index (χ0) is 12.3. The van der Waals surface area contributed by atoms with E-state index in [-0.39, 0.29) is 24.8 Å². The minimum Gasteiger partial charge on any atom is -0.504 e. The second kappa shape index (κ2) is 5.16. The van der Waals surface area contributed by atoms with Crippen LogP contribution in [0.2, 0.25) is 0 Å². The smallest absolute Gasteiger partial charge is 0.303 e. The Morgan fingerprint density at radius 1 is 1.44 bits per heavy atom. The largest absolute Gasteiger partial charge is 0.504 e. The Morgan fingerprint density at radius 3 is 2.62 bits per heavy atom. The van der Waals surface area contributed by atoms with Gasteiger partial charge in [-0.15, -0.1) is 0 Å². The molecule has 0 amide bonds. The molecule has 3 N–H and O–H groups in total. The molecule has 0 heterocycles. The van der Waals surface area contributed by atoms with Crippen molar-refractivity contribution in [1.29, 1.82) is 0 Å². The molecule has 0 spiro atoms. The molecule has 0 atom stereocenters. The molecule has 16 heavy (non-hydrogen) atoms. The molecule has 0 aliphatic carbocycles. The van der Waals surface area contributed by atoms with Crippen LogP contribution in [0.15, 0.2) is 10.5 Å². The number of phenolic OH excluding ortho intramolecular Hbond substituents is 2. The summed E-state index contributed by atoms with van der Waals surface area (Å²) in [6, 6.07) is 1.18. The van der Waals surface area contributed by atoms with Crippen molar-refractivity contribution in [2.24, 2.45) is 0 Å². The Morgan fingerprint density at radius 2 is 2.06 bits per heavy atom. The van der Waals surface area contributed by atoms with Crippen molar-refractivity contribution in [3.05, 3.63) is 21.9 Å². The summed E-state index contributed by atoms with van der Waals surface area (Å²) in [5, 5.41) is 26.7. The van der Waals surface area contributed by atoms with Gasteiger partial charge in [-0.3, -0.25) is 4.79 Å². The molecule has 0 radical (unpaired) electrons. The summed E-state index contributed by atoms with van der Waals surface area (Å²) in [4.78, 5) is 10.3. The van der Waals surface area contributed by atoms with Gasteiger partial charge in [0.2, 0.25) is 0 Å². The molecule has 1 aromatic rings. The Hall–Kier alpha value is -1.30. The molecule has 0 aliphatic rings. The van der Waals surface area contributed by atoms with Gasteiger partial charge in [-0.2, -0.15) is 0 Å². The van der Waals surface area contributed by atoms with E-state index in [9.17, 15) is 9.18 Å². The van der Waals surface area contributed by atoms with E-state index in [1.807, 2.05) is 0 Å². The molecule has 1 aromatic carbocycles. The lowest BCUT2D eigenvalue weighted by atomic mass is 10.1. The zero-order valence-electron chi connectivity index (χ0n) is 8.20. The maximum atomic E-state index is 13.5. The molecule has 4 nitrogen and oxygen atoms in total. The molecule has 0 unspecified atom stereocenters. The first-order chi connectivity index (χ1) is 7.43. The average molecular weight is 293 g/mol. The van der Waals surface area contributed by atoms with Gasteiger partial charge >= 0.3 is 5.97 Å². The third-order valence-electron chi connectivity index (χ3n) is 2.08. The van der Waals surface area contributed by atoms with Gasteiger partial charge in [0.1, 0.15) is 0 Å². The summed E-state index contributed by atoms with van der Waals surface area (Å²) in [5.41, 5.74) is 0.163. The van der Waals surface area contributed by atoms with E-state index in [0.29, 0.717) is 4.47 Å².